The van der Waals surface area contributed by atoms with Gasteiger partial charge in [0, 0.05) is 22.5 Å². The van der Waals surface area contributed by atoms with Crippen LogP contribution in [0, 0.1) is 0 Å². The Kier molecular flexibility index (Phi) is 4.49. The standard InChI is InChI=1S/C17H13ClF3N3/c18-12-4-3-5-13(8-12)24-16(11-9-22-23-10-11)14-6-1-2-7-15(14)17(19,20)21/h1-10,16,24H,(H,22,23). The molecule has 1 unspecified atom stereocenters. The first-order valence-corrected chi connectivity index (χ1v) is 7.50. The molecule has 2 N–H and O–H groups in total. The Morgan fingerprint density at radius 1 is 1.08 bits per heavy atom. The monoisotopic (exact) mass is 351 g/mol. The van der Waals surface area contributed by atoms with Gasteiger partial charge in [0.2, 0.25) is 0 Å². The number of alkyl halides is 3. The van der Waals surface area contributed by atoms with Crippen molar-refractivity contribution in [1.29, 1.82) is 0 Å². The van der Waals surface area contributed by atoms with Gasteiger partial charge >= 0.3 is 6.18 Å². The van der Waals surface area contributed by atoms with E-state index in [1.165, 1.54) is 18.3 Å². The molecule has 0 spiro atoms. The quantitative estimate of drug-likeness (QED) is 0.671. The molecule has 0 saturated carbocycles. The van der Waals surface area contributed by atoms with Crippen molar-refractivity contribution < 1.29 is 13.2 Å². The number of rotatable bonds is 4. The molecule has 2 aromatic carbocycles. The minimum absolute atomic E-state index is 0.117. The molecule has 3 aromatic rings. The Balaban J connectivity index is 2.07. The van der Waals surface area contributed by atoms with Crippen molar-refractivity contribution in [2.45, 2.75) is 12.2 Å². The van der Waals surface area contributed by atoms with Crippen molar-refractivity contribution in [3.8, 4) is 0 Å². The van der Waals surface area contributed by atoms with E-state index in [-0.39, 0.29) is 5.56 Å². The van der Waals surface area contributed by atoms with Gasteiger partial charge in [0.15, 0.2) is 0 Å². The molecule has 0 fully saturated rings. The third-order valence-electron chi connectivity index (χ3n) is 3.57. The molecule has 1 aromatic heterocycles. The fraction of sp³-hybridized carbons (Fsp3) is 0.118. The fourth-order valence-electron chi connectivity index (χ4n) is 2.51. The lowest BCUT2D eigenvalue weighted by atomic mass is 9.95. The average molecular weight is 352 g/mol. The number of H-pyrrole nitrogens is 1. The van der Waals surface area contributed by atoms with Gasteiger partial charge in [0.05, 0.1) is 17.8 Å². The molecule has 0 saturated heterocycles. The van der Waals surface area contributed by atoms with Crippen LogP contribution in [0.15, 0.2) is 60.9 Å². The van der Waals surface area contributed by atoms with Gasteiger partial charge in [0.1, 0.15) is 0 Å². The predicted molar refractivity (Wildman–Crippen MR) is 86.9 cm³/mol. The van der Waals surface area contributed by atoms with Crippen LogP contribution in [0.2, 0.25) is 5.02 Å². The summed E-state index contributed by atoms with van der Waals surface area (Å²) in [5.41, 5.74) is 0.634. The SMILES string of the molecule is FC(F)(F)c1ccccc1C(Nc1cccc(Cl)c1)c1cn[nH]c1. The molecule has 1 atom stereocenters. The maximum absolute atomic E-state index is 13.4. The highest BCUT2D eigenvalue weighted by atomic mass is 35.5. The lowest BCUT2D eigenvalue weighted by Gasteiger charge is -2.23. The highest BCUT2D eigenvalue weighted by molar-refractivity contribution is 6.30. The molecule has 0 radical (unpaired) electrons. The Morgan fingerprint density at radius 2 is 1.88 bits per heavy atom. The van der Waals surface area contributed by atoms with E-state index in [2.05, 4.69) is 15.5 Å². The normalized spacial score (nSPS) is 12.8. The zero-order valence-electron chi connectivity index (χ0n) is 12.3. The molecule has 0 aliphatic carbocycles. The summed E-state index contributed by atoms with van der Waals surface area (Å²) < 4.78 is 40.1. The predicted octanol–water partition coefficient (Wildman–Crippen LogP) is 5.28. The maximum atomic E-state index is 13.4. The Hall–Kier alpha value is -2.47. The zero-order chi connectivity index (χ0) is 17.2. The third-order valence-corrected chi connectivity index (χ3v) is 3.80. The highest BCUT2D eigenvalue weighted by Gasteiger charge is 2.35. The molecule has 124 valence electrons. The molecule has 1 heterocycles. The van der Waals surface area contributed by atoms with E-state index in [9.17, 15) is 13.2 Å². The molecule has 0 aliphatic heterocycles. The number of aromatic amines is 1. The summed E-state index contributed by atoms with van der Waals surface area (Å²) in [6.07, 6.45) is -1.39. The smallest absolute Gasteiger partial charge is 0.374 e. The Labute approximate surface area is 141 Å². The number of aromatic nitrogens is 2. The summed E-state index contributed by atoms with van der Waals surface area (Å²) in [6, 6.07) is 11.6. The van der Waals surface area contributed by atoms with Crippen LogP contribution in [0.1, 0.15) is 22.7 Å². The number of halogens is 4. The van der Waals surface area contributed by atoms with E-state index in [4.69, 9.17) is 11.6 Å². The second kappa shape index (κ2) is 6.57. The van der Waals surface area contributed by atoms with Crippen LogP contribution >= 0.6 is 11.6 Å². The van der Waals surface area contributed by atoms with Gasteiger partial charge in [-0.15, -0.1) is 0 Å². The van der Waals surface area contributed by atoms with E-state index >= 15 is 0 Å². The van der Waals surface area contributed by atoms with Crippen molar-refractivity contribution >= 4 is 17.3 Å². The topological polar surface area (TPSA) is 40.7 Å². The number of nitrogens with zero attached hydrogens (tertiary/aromatic N) is 1. The number of hydrogen-bond donors (Lipinski definition) is 2. The first kappa shape index (κ1) is 16.4. The van der Waals surface area contributed by atoms with E-state index in [0.29, 0.717) is 16.3 Å². The van der Waals surface area contributed by atoms with Crippen LogP contribution in [0.25, 0.3) is 0 Å². The summed E-state index contributed by atoms with van der Waals surface area (Å²) in [5, 5.41) is 10.1. The minimum Gasteiger partial charge on any atom is -0.374 e. The van der Waals surface area contributed by atoms with Gasteiger partial charge in [-0.2, -0.15) is 18.3 Å². The van der Waals surface area contributed by atoms with Crippen molar-refractivity contribution in [1.82, 2.24) is 10.2 Å². The van der Waals surface area contributed by atoms with Crippen LogP contribution in [-0.2, 0) is 6.18 Å². The van der Waals surface area contributed by atoms with Crippen LogP contribution in [0.3, 0.4) is 0 Å². The second-order valence-corrected chi connectivity index (χ2v) is 5.64. The third kappa shape index (κ3) is 3.54. The van der Waals surface area contributed by atoms with Crippen molar-refractivity contribution in [2.75, 3.05) is 5.32 Å². The van der Waals surface area contributed by atoms with Crippen LogP contribution in [0.4, 0.5) is 18.9 Å². The van der Waals surface area contributed by atoms with Gasteiger partial charge < -0.3 is 5.32 Å². The Morgan fingerprint density at radius 3 is 2.54 bits per heavy atom. The summed E-state index contributed by atoms with van der Waals surface area (Å²) in [7, 11) is 0. The molecule has 0 bridgehead atoms. The second-order valence-electron chi connectivity index (χ2n) is 5.20. The van der Waals surface area contributed by atoms with E-state index < -0.39 is 17.8 Å². The molecule has 0 aliphatic rings. The van der Waals surface area contributed by atoms with Crippen LogP contribution in [0.5, 0.6) is 0 Å². The van der Waals surface area contributed by atoms with Crippen LogP contribution in [-0.4, -0.2) is 10.2 Å². The van der Waals surface area contributed by atoms with E-state index in [0.717, 1.165) is 6.07 Å². The molecule has 0 amide bonds. The van der Waals surface area contributed by atoms with E-state index in [1.54, 1.807) is 36.5 Å². The first-order chi connectivity index (χ1) is 11.4. The lowest BCUT2D eigenvalue weighted by molar-refractivity contribution is -0.138. The summed E-state index contributed by atoms with van der Waals surface area (Å²) in [5.74, 6) is 0. The van der Waals surface area contributed by atoms with Gasteiger partial charge in [-0.3, -0.25) is 5.10 Å². The first-order valence-electron chi connectivity index (χ1n) is 7.12. The average Bonchev–Trinajstić information content (AvgIpc) is 3.06. The summed E-state index contributed by atoms with van der Waals surface area (Å²) in [4.78, 5) is 0. The number of hydrogen-bond acceptors (Lipinski definition) is 2. The van der Waals surface area contributed by atoms with Crippen molar-refractivity contribution in [3.63, 3.8) is 0 Å². The molecular formula is C17H13ClF3N3. The zero-order valence-corrected chi connectivity index (χ0v) is 13.1. The molecular weight excluding hydrogens is 339 g/mol. The molecule has 3 nitrogen and oxygen atoms in total. The fourth-order valence-corrected chi connectivity index (χ4v) is 2.70. The largest absolute Gasteiger partial charge is 0.416 e. The number of anilines is 1. The minimum atomic E-state index is -4.45. The lowest BCUT2D eigenvalue weighted by Crippen LogP contribution is -2.18. The maximum Gasteiger partial charge on any atom is 0.416 e. The Bertz CT molecular complexity index is 816. The van der Waals surface area contributed by atoms with Gasteiger partial charge in [-0.05, 0) is 29.8 Å². The molecule has 24 heavy (non-hydrogen) atoms. The summed E-state index contributed by atoms with van der Waals surface area (Å²) in [6.45, 7) is 0. The van der Waals surface area contributed by atoms with Gasteiger partial charge in [-0.25, -0.2) is 0 Å². The molecule has 7 heteroatoms. The van der Waals surface area contributed by atoms with Crippen molar-refractivity contribution in [3.05, 3.63) is 82.6 Å². The summed E-state index contributed by atoms with van der Waals surface area (Å²) >= 11 is 5.96. The van der Waals surface area contributed by atoms with Crippen LogP contribution < -0.4 is 5.32 Å². The van der Waals surface area contributed by atoms with Gasteiger partial charge in [0.25, 0.3) is 0 Å². The van der Waals surface area contributed by atoms with E-state index in [1.807, 2.05) is 0 Å². The highest BCUT2D eigenvalue weighted by Crippen LogP contribution is 2.37. The number of benzene rings is 2. The van der Waals surface area contributed by atoms with Crippen molar-refractivity contribution in [2.24, 2.45) is 0 Å². The van der Waals surface area contributed by atoms with Gasteiger partial charge in [-0.1, -0.05) is 35.9 Å². The number of nitrogens with one attached hydrogen (secondary N) is 2. The molecule has 3 rings (SSSR count).